The Labute approximate surface area is 115 Å². The Kier molecular flexibility index (Phi) is 4.77. The highest BCUT2D eigenvalue weighted by atomic mass is 16.5. The summed E-state index contributed by atoms with van der Waals surface area (Å²) in [5.41, 5.74) is 3.30. The van der Waals surface area contributed by atoms with E-state index in [0.717, 1.165) is 55.0 Å². The van der Waals surface area contributed by atoms with Gasteiger partial charge >= 0.3 is 0 Å². The molecule has 1 saturated heterocycles. The van der Waals surface area contributed by atoms with Gasteiger partial charge in [0, 0.05) is 37.0 Å². The zero-order valence-corrected chi connectivity index (χ0v) is 12.1. The lowest BCUT2D eigenvalue weighted by molar-refractivity contribution is 0.114. The standard InChI is InChI=1S/C15H24N2O2/c1-11-7-16-14(12(2)15(11)19-3)9-17-6-4-5-13(8-17)10-18/h7,13,18H,4-6,8-10H2,1-3H3. The number of nitrogens with zero attached hydrogens (tertiary/aromatic N) is 2. The summed E-state index contributed by atoms with van der Waals surface area (Å²) in [6, 6.07) is 0. The molecule has 0 spiro atoms. The molecule has 1 fully saturated rings. The van der Waals surface area contributed by atoms with Gasteiger partial charge in [0.1, 0.15) is 5.75 Å². The summed E-state index contributed by atoms with van der Waals surface area (Å²) in [5.74, 6) is 1.36. The lowest BCUT2D eigenvalue weighted by atomic mass is 9.98. The molecule has 2 heterocycles. The fourth-order valence-corrected chi connectivity index (χ4v) is 2.89. The van der Waals surface area contributed by atoms with Gasteiger partial charge in [0.15, 0.2) is 0 Å². The van der Waals surface area contributed by atoms with Gasteiger partial charge in [-0.15, -0.1) is 0 Å². The minimum absolute atomic E-state index is 0.292. The normalized spacial score (nSPS) is 20.5. The number of ether oxygens (including phenoxy) is 1. The molecule has 1 aromatic rings. The van der Waals surface area contributed by atoms with Crippen LogP contribution in [-0.2, 0) is 6.54 Å². The molecule has 4 nitrogen and oxygen atoms in total. The molecule has 2 rings (SSSR count). The van der Waals surface area contributed by atoms with E-state index in [0.29, 0.717) is 12.5 Å². The van der Waals surface area contributed by atoms with Crippen LogP contribution < -0.4 is 4.74 Å². The Balaban J connectivity index is 2.10. The van der Waals surface area contributed by atoms with Crippen LogP contribution in [0.2, 0.25) is 0 Å². The Hall–Kier alpha value is -1.13. The first kappa shape index (κ1) is 14.3. The number of aromatic nitrogens is 1. The zero-order valence-electron chi connectivity index (χ0n) is 12.1. The van der Waals surface area contributed by atoms with Crippen molar-refractivity contribution in [3.63, 3.8) is 0 Å². The van der Waals surface area contributed by atoms with E-state index in [1.807, 2.05) is 13.1 Å². The van der Waals surface area contributed by atoms with Gasteiger partial charge < -0.3 is 9.84 Å². The van der Waals surface area contributed by atoms with Crippen molar-refractivity contribution in [1.29, 1.82) is 0 Å². The van der Waals surface area contributed by atoms with Crippen molar-refractivity contribution in [3.05, 3.63) is 23.0 Å². The molecule has 0 aliphatic carbocycles. The van der Waals surface area contributed by atoms with Gasteiger partial charge in [-0.1, -0.05) is 0 Å². The Morgan fingerprint density at radius 2 is 2.26 bits per heavy atom. The highest BCUT2D eigenvalue weighted by molar-refractivity contribution is 5.41. The molecule has 106 valence electrons. The summed E-state index contributed by atoms with van der Waals surface area (Å²) < 4.78 is 5.45. The predicted octanol–water partition coefficient (Wildman–Crippen LogP) is 1.91. The molecule has 4 heteroatoms. The van der Waals surface area contributed by atoms with Crippen molar-refractivity contribution in [2.24, 2.45) is 5.92 Å². The smallest absolute Gasteiger partial charge is 0.128 e. The fourth-order valence-electron chi connectivity index (χ4n) is 2.89. The Morgan fingerprint density at radius 1 is 1.47 bits per heavy atom. The van der Waals surface area contributed by atoms with E-state index in [1.54, 1.807) is 7.11 Å². The molecular weight excluding hydrogens is 240 g/mol. The summed E-state index contributed by atoms with van der Waals surface area (Å²) in [5, 5.41) is 9.29. The van der Waals surface area contributed by atoms with Crippen molar-refractivity contribution in [3.8, 4) is 5.75 Å². The summed E-state index contributed by atoms with van der Waals surface area (Å²) in [6.07, 6.45) is 4.18. The third kappa shape index (κ3) is 3.25. The van der Waals surface area contributed by atoms with Crippen LogP contribution in [0.3, 0.4) is 0 Å². The van der Waals surface area contributed by atoms with Crippen LogP contribution in [-0.4, -0.2) is 41.8 Å². The number of hydrogen-bond donors (Lipinski definition) is 1. The van der Waals surface area contributed by atoms with Crippen molar-refractivity contribution >= 4 is 0 Å². The second-order valence-electron chi connectivity index (χ2n) is 5.47. The number of rotatable bonds is 4. The van der Waals surface area contributed by atoms with Gasteiger partial charge in [-0.3, -0.25) is 9.88 Å². The number of likely N-dealkylation sites (tertiary alicyclic amines) is 1. The molecule has 1 unspecified atom stereocenters. The monoisotopic (exact) mass is 264 g/mol. The number of aliphatic hydroxyl groups excluding tert-OH is 1. The number of hydrogen-bond acceptors (Lipinski definition) is 4. The average molecular weight is 264 g/mol. The van der Waals surface area contributed by atoms with Crippen molar-refractivity contribution in [1.82, 2.24) is 9.88 Å². The molecule has 0 amide bonds. The summed E-state index contributed by atoms with van der Waals surface area (Å²) in [4.78, 5) is 6.93. The van der Waals surface area contributed by atoms with E-state index < -0.39 is 0 Å². The fraction of sp³-hybridized carbons (Fsp3) is 0.667. The van der Waals surface area contributed by atoms with Crippen LogP contribution >= 0.6 is 0 Å². The Morgan fingerprint density at radius 3 is 2.95 bits per heavy atom. The molecule has 0 bridgehead atoms. The largest absolute Gasteiger partial charge is 0.496 e. The SMILES string of the molecule is COc1c(C)cnc(CN2CCCC(CO)C2)c1C. The molecule has 0 radical (unpaired) electrons. The van der Waals surface area contributed by atoms with E-state index in [2.05, 4.69) is 16.8 Å². The van der Waals surface area contributed by atoms with Gasteiger partial charge in [0.2, 0.25) is 0 Å². The maximum Gasteiger partial charge on any atom is 0.128 e. The molecule has 0 aromatic carbocycles. The number of aryl methyl sites for hydroxylation is 1. The van der Waals surface area contributed by atoms with Crippen LogP contribution in [0.1, 0.15) is 29.7 Å². The molecule has 0 saturated carbocycles. The zero-order chi connectivity index (χ0) is 13.8. The van der Waals surface area contributed by atoms with Gasteiger partial charge in [-0.05, 0) is 39.2 Å². The maximum atomic E-state index is 9.29. The molecule has 1 N–H and O–H groups in total. The van der Waals surface area contributed by atoms with Crippen LogP contribution in [0.5, 0.6) is 5.75 Å². The molecule has 1 atom stereocenters. The van der Waals surface area contributed by atoms with Crippen LogP contribution in [0.4, 0.5) is 0 Å². The van der Waals surface area contributed by atoms with E-state index in [9.17, 15) is 5.11 Å². The van der Waals surface area contributed by atoms with Gasteiger partial charge in [0.05, 0.1) is 12.8 Å². The highest BCUT2D eigenvalue weighted by Crippen LogP contribution is 2.26. The first-order valence-electron chi connectivity index (χ1n) is 6.98. The summed E-state index contributed by atoms with van der Waals surface area (Å²) in [7, 11) is 1.71. The Bertz CT molecular complexity index is 434. The van der Waals surface area contributed by atoms with Crippen molar-refractivity contribution in [2.75, 3.05) is 26.8 Å². The molecular formula is C15H24N2O2. The number of piperidine rings is 1. The third-order valence-corrected chi connectivity index (χ3v) is 3.98. The number of aliphatic hydroxyl groups is 1. The van der Waals surface area contributed by atoms with Gasteiger partial charge in [-0.2, -0.15) is 0 Å². The van der Waals surface area contributed by atoms with Gasteiger partial charge in [-0.25, -0.2) is 0 Å². The highest BCUT2D eigenvalue weighted by Gasteiger charge is 2.20. The van der Waals surface area contributed by atoms with Gasteiger partial charge in [0.25, 0.3) is 0 Å². The lowest BCUT2D eigenvalue weighted by Crippen LogP contribution is -2.36. The number of methoxy groups -OCH3 is 1. The quantitative estimate of drug-likeness (QED) is 0.902. The average Bonchev–Trinajstić information content (AvgIpc) is 2.43. The lowest BCUT2D eigenvalue weighted by Gasteiger charge is -2.31. The van der Waals surface area contributed by atoms with Crippen LogP contribution in [0.15, 0.2) is 6.20 Å². The van der Waals surface area contributed by atoms with Crippen molar-refractivity contribution < 1.29 is 9.84 Å². The molecule has 1 aromatic heterocycles. The van der Waals surface area contributed by atoms with E-state index in [4.69, 9.17) is 4.74 Å². The van der Waals surface area contributed by atoms with E-state index in [-0.39, 0.29) is 0 Å². The first-order valence-corrected chi connectivity index (χ1v) is 6.98. The van der Waals surface area contributed by atoms with Crippen molar-refractivity contribution in [2.45, 2.75) is 33.2 Å². The van der Waals surface area contributed by atoms with E-state index in [1.165, 1.54) is 0 Å². The van der Waals surface area contributed by atoms with Crippen LogP contribution in [0.25, 0.3) is 0 Å². The van der Waals surface area contributed by atoms with Crippen LogP contribution in [0, 0.1) is 19.8 Å². The minimum atomic E-state index is 0.292. The molecule has 1 aliphatic heterocycles. The summed E-state index contributed by atoms with van der Waals surface area (Å²) >= 11 is 0. The third-order valence-electron chi connectivity index (χ3n) is 3.98. The second-order valence-corrected chi connectivity index (χ2v) is 5.47. The topological polar surface area (TPSA) is 45.6 Å². The molecule has 1 aliphatic rings. The van der Waals surface area contributed by atoms with E-state index >= 15 is 0 Å². The maximum absolute atomic E-state index is 9.29. The minimum Gasteiger partial charge on any atom is -0.496 e. The second kappa shape index (κ2) is 6.35. The predicted molar refractivity (Wildman–Crippen MR) is 75.3 cm³/mol. The first-order chi connectivity index (χ1) is 9.15. The molecule has 19 heavy (non-hydrogen) atoms. The summed E-state index contributed by atoms with van der Waals surface area (Å²) in [6.45, 7) is 7.29. The number of pyridine rings is 1.